The lowest BCUT2D eigenvalue weighted by Gasteiger charge is -2.22. The second-order valence-electron chi connectivity index (χ2n) is 6.62. The maximum Gasteiger partial charge on any atom is 0.238 e. The highest BCUT2D eigenvalue weighted by Gasteiger charge is 2.16. The van der Waals surface area contributed by atoms with Gasteiger partial charge >= 0.3 is 0 Å². The molecule has 3 aromatic carbocycles. The van der Waals surface area contributed by atoms with E-state index in [2.05, 4.69) is 42.7 Å². The van der Waals surface area contributed by atoms with E-state index in [-0.39, 0.29) is 18.5 Å². The molecule has 2 N–H and O–H groups in total. The number of hydrogen-bond donors (Lipinski definition) is 2. The molecule has 3 aromatic rings. The SMILES string of the molecule is CC(C)[C@H](NCC(=O)Nc1ccc2ccccc2c1)c1ccccc1. The van der Waals surface area contributed by atoms with Gasteiger partial charge in [0.05, 0.1) is 6.54 Å². The molecule has 0 aromatic heterocycles. The number of hydrogen-bond acceptors (Lipinski definition) is 2. The molecule has 3 rings (SSSR count). The Balaban J connectivity index is 1.63. The van der Waals surface area contributed by atoms with Crippen LogP contribution in [0.3, 0.4) is 0 Å². The highest BCUT2D eigenvalue weighted by atomic mass is 16.1. The summed E-state index contributed by atoms with van der Waals surface area (Å²) in [6, 6.07) is 24.5. The lowest BCUT2D eigenvalue weighted by molar-refractivity contribution is -0.115. The van der Waals surface area contributed by atoms with E-state index in [1.54, 1.807) is 0 Å². The first-order valence-electron chi connectivity index (χ1n) is 8.70. The molecule has 3 heteroatoms. The van der Waals surface area contributed by atoms with Gasteiger partial charge in [-0.2, -0.15) is 0 Å². The summed E-state index contributed by atoms with van der Waals surface area (Å²) >= 11 is 0. The lowest BCUT2D eigenvalue weighted by atomic mass is 9.96. The number of fused-ring (bicyclic) bond motifs is 1. The summed E-state index contributed by atoms with van der Waals surface area (Å²) in [6.07, 6.45) is 0. The predicted octanol–water partition coefficient (Wildman–Crippen LogP) is 4.77. The van der Waals surface area contributed by atoms with Gasteiger partial charge in [-0.05, 0) is 34.4 Å². The minimum Gasteiger partial charge on any atom is -0.325 e. The van der Waals surface area contributed by atoms with Gasteiger partial charge in [-0.15, -0.1) is 0 Å². The predicted molar refractivity (Wildman–Crippen MR) is 105 cm³/mol. The molecule has 0 aliphatic carbocycles. The summed E-state index contributed by atoms with van der Waals surface area (Å²) in [5.41, 5.74) is 2.03. The van der Waals surface area contributed by atoms with E-state index >= 15 is 0 Å². The average Bonchev–Trinajstić information content (AvgIpc) is 2.62. The van der Waals surface area contributed by atoms with Crippen LogP contribution in [0.1, 0.15) is 25.5 Å². The molecular weight excluding hydrogens is 308 g/mol. The van der Waals surface area contributed by atoms with Crippen LogP contribution in [0.4, 0.5) is 5.69 Å². The highest BCUT2D eigenvalue weighted by Crippen LogP contribution is 2.21. The van der Waals surface area contributed by atoms with Crippen LogP contribution in [0.25, 0.3) is 10.8 Å². The van der Waals surface area contributed by atoms with Crippen LogP contribution >= 0.6 is 0 Å². The Morgan fingerprint density at radius 2 is 1.56 bits per heavy atom. The zero-order chi connectivity index (χ0) is 17.6. The van der Waals surface area contributed by atoms with Crippen molar-refractivity contribution in [2.45, 2.75) is 19.9 Å². The average molecular weight is 332 g/mol. The third-order valence-electron chi connectivity index (χ3n) is 4.34. The summed E-state index contributed by atoms with van der Waals surface area (Å²) in [5, 5.41) is 8.65. The van der Waals surface area contributed by atoms with Crippen molar-refractivity contribution in [3.8, 4) is 0 Å². The first kappa shape index (κ1) is 17.2. The van der Waals surface area contributed by atoms with E-state index in [0.29, 0.717) is 5.92 Å². The molecule has 0 aliphatic heterocycles. The van der Waals surface area contributed by atoms with Gasteiger partial charge in [-0.3, -0.25) is 4.79 Å². The van der Waals surface area contributed by atoms with Gasteiger partial charge in [0.2, 0.25) is 5.91 Å². The molecule has 3 nitrogen and oxygen atoms in total. The highest BCUT2D eigenvalue weighted by molar-refractivity contribution is 5.95. The molecular formula is C22H24N2O. The Morgan fingerprint density at radius 3 is 2.28 bits per heavy atom. The van der Waals surface area contributed by atoms with Gasteiger partial charge in [0, 0.05) is 11.7 Å². The van der Waals surface area contributed by atoms with Crippen LogP contribution in [0.15, 0.2) is 72.8 Å². The van der Waals surface area contributed by atoms with Crippen molar-refractivity contribution in [3.63, 3.8) is 0 Å². The fourth-order valence-corrected chi connectivity index (χ4v) is 3.07. The van der Waals surface area contributed by atoms with Crippen molar-refractivity contribution in [2.24, 2.45) is 5.92 Å². The van der Waals surface area contributed by atoms with Crippen molar-refractivity contribution < 1.29 is 4.79 Å². The molecule has 0 saturated carbocycles. The summed E-state index contributed by atoms with van der Waals surface area (Å²) in [6.45, 7) is 4.60. The van der Waals surface area contributed by atoms with E-state index in [1.165, 1.54) is 10.9 Å². The molecule has 0 bridgehead atoms. The van der Waals surface area contributed by atoms with Crippen LogP contribution < -0.4 is 10.6 Å². The van der Waals surface area contributed by atoms with Crippen LogP contribution in [-0.4, -0.2) is 12.5 Å². The molecule has 0 unspecified atom stereocenters. The van der Waals surface area contributed by atoms with Crippen molar-refractivity contribution >= 4 is 22.4 Å². The Hall–Kier alpha value is -2.65. The topological polar surface area (TPSA) is 41.1 Å². The van der Waals surface area contributed by atoms with Gasteiger partial charge < -0.3 is 10.6 Å². The molecule has 0 saturated heterocycles. The summed E-state index contributed by atoms with van der Waals surface area (Å²) < 4.78 is 0. The van der Waals surface area contributed by atoms with Crippen molar-refractivity contribution in [1.29, 1.82) is 0 Å². The quantitative estimate of drug-likeness (QED) is 0.683. The maximum atomic E-state index is 12.3. The van der Waals surface area contributed by atoms with E-state index in [0.717, 1.165) is 11.1 Å². The Kier molecular flexibility index (Phi) is 5.46. The fraction of sp³-hybridized carbons (Fsp3) is 0.227. The fourth-order valence-electron chi connectivity index (χ4n) is 3.07. The minimum atomic E-state index is -0.0307. The van der Waals surface area contributed by atoms with Crippen LogP contribution in [0.5, 0.6) is 0 Å². The Bertz CT molecular complexity index is 843. The van der Waals surface area contributed by atoms with E-state index in [9.17, 15) is 4.79 Å². The molecule has 0 spiro atoms. The van der Waals surface area contributed by atoms with Crippen LogP contribution in [0, 0.1) is 5.92 Å². The number of nitrogens with one attached hydrogen (secondary N) is 2. The van der Waals surface area contributed by atoms with Crippen molar-refractivity contribution in [1.82, 2.24) is 5.32 Å². The van der Waals surface area contributed by atoms with E-state index in [1.807, 2.05) is 54.6 Å². The second-order valence-corrected chi connectivity index (χ2v) is 6.62. The lowest BCUT2D eigenvalue weighted by Crippen LogP contribution is -2.33. The number of amides is 1. The molecule has 25 heavy (non-hydrogen) atoms. The monoisotopic (exact) mass is 332 g/mol. The number of anilines is 1. The molecule has 1 amide bonds. The molecule has 0 aliphatic rings. The standard InChI is InChI=1S/C22H24N2O/c1-16(2)22(18-9-4-3-5-10-18)23-15-21(25)24-20-13-12-17-8-6-7-11-19(17)14-20/h3-14,16,22-23H,15H2,1-2H3,(H,24,25)/t22-/m0/s1. The molecule has 0 radical (unpaired) electrons. The summed E-state index contributed by atoms with van der Waals surface area (Å²) in [5.74, 6) is 0.368. The zero-order valence-electron chi connectivity index (χ0n) is 14.7. The number of rotatable bonds is 6. The minimum absolute atomic E-state index is 0.0307. The normalized spacial score (nSPS) is 12.3. The molecule has 0 heterocycles. The zero-order valence-corrected chi connectivity index (χ0v) is 14.7. The van der Waals surface area contributed by atoms with Crippen molar-refractivity contribution in [3.05, 3.63) is 78.4 Å². The third-order valence-corrected chi connectivity index (χ3v) is 4.34. The van der Waals surface area contributed by atoms with Gasteiger partial charge in [-0.1, -0.05) is 74.5 Å². The maximum absolute atomic E-state index is 12.3. The number of carbonyl (C=O) groups excluding carboxylic acids is 1. The van der Waals surface area contributed by atoms with Crippen LogP contribution in [0.2, 0.25) is 0 Å². The van der Waals surface area contributed by atoms with Gasteiger partial charge in [0.1, 0.15) is 0 Å². The number of carbonyl (C=O) groups is 1. The number of benzene rings is 3. The largest absolute Gasteiger partial charge is 0.325 e. The first-order valence-corrected chi connectivity index (χ1v) is 8.70. The molecule has 128 valence electrons. The third kappa shape index (κ3) is 4.46. The summed E-state index contributed by atoms with van der Waals surface area (Å²) in [7, 11) is 0. The van der Waals surface area contributed by atoms with Gasteiger partial charge in [0.15, 0.2) is 0 Å². The first-order chi connectivity index (χ1) is 12.1. The molecule has 0 fully saturated rings. The smallest absolute Gasteiger partial charge is 0.238 e. The van der Waals surface area contributed by atoms with E-state index in [4.69, 9.17) is 0 Å². The van der Waals surface area contributed by atoms with E-state index < -0.39 is 0 Å². The Labute approximate surface area is 149 Å². The molecule has 1 atom stereocenters. The van der Waals surface area contributed by atoms with Crippen molar-refractivity contribution in [2.75, 3.05) is 11.9 Å². The van der Waals surface area contributed by atoms with Gasteiger partial charge in [0.25, 0.3) is 0 Å². The van der Waals surface area contributed by atoms with Gasteiger partial charge in [-0.25, -0.2) is 0 Å². The summed E-state index contributed by atoms with van der Waals surface area (Å²) in [4.78, 5) is 12.3. The second kappa shape index (κ2) is 7.95. The van der Waals surface area contributed by atoms with Crippen LogP contribution in [-0.2, 0) is 4.79 Å². The Morgan fingerprint density at radius 1 is 0.880 bits per heavy atom.